The van der Waals surface area contributed by atoms with E-state index in [0.717, 1.165) is 25.9 Å². The van der Waals surface area contributed by atoms with Gasteiger partial charge in [0.2, 0.25) is 0 Å². The topological polar surface area (TPSA) is 87.5 Å². The van der Waals surface area contributed by atoms with E-state index < -0.39 is 0 Å². The summed E-state index contributed by atoms with van der Waals surface area (Å²) in [6.07, 6.45) is 3.21. The summed E-state index contributed by atoms with van der Waals surface area (Å²) in [5.41, 5.74) is 0.255. The maximum Gasteiger partial charge on any atom is 0.317 e. The summed E-state index contributed by atoms with van der Waals surface area (Å²) in [6.45, 7) is 9.68. The minimum Gasteiger partial charge on any atom is -0.361 e. The summed E-state index contributed by atoms with van der Waals surface area (Å²) >= 11 is 0. The zero-order chi connectivity index (χ0) is 17.0. The SMILES string of the molecule is Cc1oncc1C(=O)NCC1CCN(C(=O)NC(C)(C)C)CC1. The second-order valence-electron chi connectivity index (χ2n) is 7.12. The lowest BCUT2D eigenvalue weighted by molar-refractivity contribution is 0.0935. The van der Waals surface area contributed by atoms with Crippen molar-refractivity contribution in [2.75, 3.05) is 19.6 Å². The predicted octanol–water partition coefficient (Wildman–Crippen LogP) is 1.93. The van der Waals surface area contributed by atoms with Gasteiger partial charge in [-0.2, -0.15) is 0 Å². The molecule has 0 bridgehead atoms. The normalized spacial score (nSPS) is 16.3. The lowest BCUT2D eigenvalue weighted by Crippen LogP contribution is -2.51. The summed E-state index contributed by atoms with van der Waals surface area (Å²) < 4.78 is 4.90. The molecule has 7 nitrogen and oxygen atoms in total. The van der Waals surface area contributed by atoms with Gasteiger partial charge in [0.25, 0.3) is 5.91 Å². The molecule has 1 aromatic rings. The third kappa shape index (κ3) is 4.97. The van der Waals surface area contributed by atoms with Gasteiger partial charge < -0.3 is 20.1 Å². The first kappa shape index (κ1) is 17.3. The van der Waals surface area contributed by atoms with Crippen LogP contribution >= 0.6 is 0 Å². The van der Waals surface area contributed by atoms with Gasteiger partial charge in [0.15, 0.2) is 0 Å². The van der Waals surface area contributed by atoms with Gasteiger partial charge in [0.05, 0.1) is 6.20 Å². The third-order valence-electron chi connectivity index (χ3n) is 3.93. The number of amides is 3. The molecule has 23 heavy (non-hydrogen) atoms. The molecule has 2 rings (SSSR count). The van der Waals surface area contributed by atoms with E-state index in [1.165, 1.54) is 6.20 Å². The maximum absolute atomic E-state index is 12.1. The molecule has 0 unspecified atom stereocenters. The first-order chi connectivity index (χ1) is 10.8. The van der Waals surface area contributed by atoms with Gasteiger partial charge in [-0.1, -0.05) is 5.16 Å². The highest BCUT2D eigenvalue weighted by atomic mass is 16.5. The second-order valence-corrected chi connectivity index (χ2v) is 7.12. The van der Waals surface area contributed by atoms with Gasteiger partial charge in [-0.25, -0.2) is 4.79 Å². The Bertz CT molecular complexity index is 554. The first-order valence-corrected chi connectivity index (χ1v) is 8.03. The number of urea groups is 1. The largest absolute Gasteiger partial charge is 0.361 e. The van der Waals surface area contributed by atoms with Crippen LogP contribution in [0.1, 0.15) is 49.7 Å². The van der Waals surface area contributed by atoms with Gasteiger partial charge in [0, 0.05) is 25.2 Å². The highest BCUT2D eigenvalue weighted by molar-refractivity contribution is 5.94. The van der Waals surface area contributed by atoms with Gasteiger partial charge >= 0.3 is 6.03 Å². The van der Waals surface area contributed by atoms with E-state index in [2.05, 4.69) is 15.8 Å². The van der Waals surface area contributed by atoms with Crippen molar-refractivity contribution in [1.82, 2.24) is 20.7 Å². The van der Waals surface area contributed by atoms with E-state index in [0.29, 0.717) is 23.8 Å². The number of aromatic nitrogens is 1. The fraction of sp³-hybridized carbons (Fsp3) is 0.688. The van der Waals surface area contributed by atoms with Crippen LogP contribution in [-0.4, -0.2) is 47.2 Å². The van der Waals surface area contributed by atoms with Crippen molar-refractivity contribution in [3.05, 3.63) is 17.5 Å². The van der Waals surface area contributed by atoms with Gasteiger partial charge in [-0.15, -0.1) is 0 Å². The molecule has 7 heteroatoms. The van der Waals surface area contributed by atoms with Crippen LogP contribution < -0.4 is 10.6 Å². The predicted molar refractivity (Wildman–Crippen MR) is 86.2 cm³/mol. The number of nitrogens with zero attached hydrogens (tertiary/aromatic N) is 2. The number of hydrogen-bond acceptors (Lipinski definition) is 4. The van der Waals surface area contributed by atoms with Crippen LogP contribution in [-0.2, 0) is 0 Å². The molecular weight excluding hydrogens is 296 g/mol. The lowest BCUT2D eigenvalue weighted by Gasteiger charge is -2.34. The standard InChI is InChI=1S/C16H26N4O3/c1-11-13(10-18-23-11)14(21)17-9-12-5-7-20(8-6-12)15(22)19-16(2,3)4/h10,12H,5-9H2,1-4H3,(H,17,21)(H,19,22). The third-order valence-corrected chi connectivity index (χ3v) is 3.93. The summed E-state index contributed by atoms with van der Waals surface area (Å²) in [7, 11) is 0. The number of carbonyl (C=O) groups is 2. The Kier molecular flexibility index (Phi) is 5.28. The van der Waals surface area contributed by atoms with E-state index >= 15 is 0 Å². The molecule has 0 aromatic carbocycles. The Hall–Kier alpha value is -2.05. The number of likely N-dealkylation sites (tertiary alicyclic amines) is 1. The van der Waals surface area contributed by atoms with E-state index in [4.69, 9.17) is 4.52 Å². The van der Waals surface area contributed by atoms with Crippen LogP contribution in [0.3, 0.4) is 0 Å². The van der Waals surface area contributed by atoms with Crippen molar-refractivity contribution in [3.8, 4) is 0 Å². The van der Waals surface area contributed by atoms with Crippen molar-refractivity contribution in [1.29, 1.82) is 0 Å². The zero-order valence-corrected chi connectivity index (χ0v) is 14.3. The minimum absolute atomic E-state index is 0.0138. The van der Waals surface area contributed by atoms with Gasteiger partial charge in [-0.3, -0.25) is 4.79 Å². The Morgan fingerprint density at radius 3 is 2.52 bits per heavy atom. The maximum atomic E-state index is 12.1. The first-order valence-electron chi connectivity index (χ1n) is 8.03. The van der Waals surface area contributed by atoms with Crippen LogP contribution in [0.2, 0.25) is 0 Å². The highest BCUT2D eigenvalue weighted by Crippen LogP contribution is 2.17. The quantitative estimate of drug-likeness (QED) is 0.890. The molecule has 2 heterocycles. The molecule has 0 spiro atoms. The molecule has 1 saturated heterocycles. The Morgan fingerprint density at radius 2 is 2.00 bits per heavy atom. The van der Waals surface area contributed by atoms with Crippen LogP contribution in [0.5, 0.6) is 0 Å². The summed E-state index contributed by atoms with van der Waals surface area (Å²) in [6, 6.07) is -0.0138. The van der Waals surface area contributed by atoms with Crippen LogP contribution in [0, 0.1) is 12.8 Å². The summed E-state index contributed by atoms with van der Waals surface area (Å²) in [5, 5.41) is 9.51. The second kappa shape index (κ2) is 7.02. The summed E-state index contributed by atoms with van der Waals surface area (Å²) in [4.78, 5) is 26.0. The Labute approximate surface area is 136 Å². The minimum atomic E-state index is -0.224. The average molecular weight is 322 g/mol. The molecule has 1 fully saturated rings. The number of rotatable bonds is 3. The smallest absolute Gasteiger partial charge is 0.317 e. The molecule has 3 amide bonds. The van der Waals surface area contributed by atoms with Crippen LogP contribution in [0.25, 0.3) is 0 Å². The lowest BCUT2D eigenvalue weighted by atomic mass is 9.97. The van der Waals surface area contributed by atoms with E-state index in [1.54, 1.807) is 6.92 Å². The van der Waals surface area contributed by atoms with Crippen molar-refractivity contribution in [2.24, 2.45) is 5.92 Å². The molecule has 0 atom stereocenters. The molecule has 1 aliphatic rings. The highest BCUT2D eigenvalue weighted by Gasteiger charge is 2.25. The Morgan fingerprint density at radius 1 is 1.35 bits per heavy atom. The van der Waals surface area contributed by atoms with E-state index in [-0.39, 0.29) is 17.5 Å². The number of nitrogens with one attached hydrogen (secondary N) is 2. The summed E-state index contributed by atoms with van der Waals surface area (Å²) in [5.74, 6) is 0.755. The molecule has 0 radical (unpaired) electrons. The van der Waals surface area contributed by atoms with Crippen molar-refractivity contribution >= 4 is 11.9 Å². The fourth-order valence-corrected chi connectivity index (χ4v) is 2.59. The molecule has 0 saturated carbocycles. The van der Waals surface area contributed by atoms with Crippen LogP contribution in [0.4, 0.5) is 4.79 Å². The Balaban J connectivity index is 1.74. The zero-order valence-electron chi connectivity index (χ0n) is 14.3. The van der Waals surface area contributed by atoms with Crippen molar-refractivity contribution in [3.63, 3.8) is 0 Å². The molecule has 1 aliphatic heterocycles. The van der Waals surface area contributed by atoms with Crippen LogP contribution in [0.15, 0.2) is 10.7 Å². The number of piperidine rings is 1. The molecule has 128 valence electrons. The van der Waals surface area contributed by atoms with Gasteiger partial charge in [-0.05, 0) is 46.5 Å². The average Bonchev–Trinajstić information content (AvgIpc) is 2.90. The van der Waals surface area contributed by atoms with Gasteiger partial charge in [0.1, 0.15) is 11.3 Å². The molecule has 0 aliphatic carbocycles. The van der Waals surface area contributed by atoms with Crippen molar-refractivity contribution < 1.29 is 14.1 Å². The monoisotopic (exact) mass is 322 g/mol. The van der Waals surface area contributed by atoms with E-state index in [1.807, 2.05) is 25.7 Å². The fourth-order valence-electron chi connectivity index (χ4n) is 2.59. The molecular formula is C16H26N4O3. The number of carbonyl (C=O) groups excluding carboxylic acids is 2. The van der Waals surface area contributed by atoms with Crippen molar-refractivity contribution in [2.45, 2.75) is 46.1 Å². The number of aryl methyl sites for hydroxylation is 1. The van der Waals surface area contributed by atoms with E-state index in [9.17, 15) is 9.59 Å². The molecule has 1 aromatic heterocycles. The molecule has 2 N–H and O–H groups in total. The number of hydrogen-bond donors (Lipinski definition) is 2.